The van der Waals surface area contributed by atoms with Gasteiger partial charge in [0.15, 0.2) is 0 Å². The first kappa shape index (κ1) is 13.5. The van der Waals surface area contributed by atoms with Crippen molar-refractivity contribution in [3.63, 3.8) is 0 Å². The molecule has 0 heterocycles. The van der Waals surface area contributed by atoms with E-state index in [1.807, 2.05) is 44.2 Å². The lowest BCUT2D eigenvalue weighted by Crippen LogP contribution is -2.09. The van der Waals surface area contributed by atoms with E-state index in [1.165, 1.54) is 5.56 Å². The molecule has 0 bridgehead atoms. The fourth-order valence-electron chi connectivity index (χ4n) is 2.27. The number of allylic oxidation sites excluding steroid dienone is 2. The minimum atomic E-state index is -3.11. The van der Waals surface area contributed by atoms with E-state index in [9.17, 15) is 4.57 Å². The Morgan fingerprint density at radius 1 is 1.22 bits per heavy atom. The molecule has 98 valence electrons. The van der Waals surface area contributed by atoms with Crippen LogP contribution in [0, 0.1) is 0 Å². The third-order valence-electron chi connectivity index (χ3n) is 2.99. The van der Waals surface area contributed by atoms with Gasteiger partial charge in [-0.3, -0.25) is 4.57 Å². The van der Waals surface area contributed by atoms with Crippen molar-refractivity contribution in [1.82, 2.24) is 0 Å². The molecule has 1 aliphatic rings. The van der Waals surface area contributed by atoms with Crippen molar-refractivity contribution >= 4 is 7.60 Å². The maximum atomic E-state index is 12.8. The molecule has 3 nitrogen and oxygen atoms in total. The van der Waals surface area contributed by atoms with Crippen LogP contribution in [-0.4, -0.2) is 13.2 Å². The zero-order valence-corrected chi connectivity index (χ0v) is 11.7. The molecule has 0 amide bonds. The minimum Gasteiger partial charge on any atom is -0.308 e. The van der Waals surface area contributed by atoms with Gasteiger partial charge in [0, 0.05) is 0 Å². The molecule has 0 saturated carbocycles. The monoisotopic (exact) mass is 266 g/mol. The Labute approximate surface area is 108 Å². The first-order chi connectivity index (χ1) is 8.71. The van der Waals surface area contributed by atoms with Crippen molar-refractivity contribution in [2.45, 2.75) is 25.9 Å². The molecule has 4 heteroatoms. The lowest BCUT2D eigenvalue weighted by molar-refractivity contribution is 0.215. The lowest BCUT2D eigenvalue weighted by Gasteiger charge is -2.27. The SMILES string of the molecule is CCOP(=O)(OCC)C1C=CCc2ccccc21. The molecular weight excluding hydrogens is 247 g/mol. The van der Waals surface area contributed by atoms with Crippen LogP contribution in [0.15, 0.2) is 36.4 Å². The lowest BCUT2D eigenvalue weighted by atomic mass is 9.97. The van der Waals surface area contributed by atoms with Crippen LogP contribution in [0.2, 0.25) is 0 Å². The third-order valence-corrected chi connectivity index (χ3v) is 5.36. The highest BCUT2D eigenvalue weighted by Crippen LogP contribution is 2.62. The van der Waals surface area contributed by atoms with Crippen LogP contribution in [0.3, 0.4) is 0 Å². The van der Waals surface area contributed by atoms with Gasteiger partial charge in [-0.1, -0.05) is 36.4 Å². The zero-order valence-electron chi connectivity index (χ0n) is 10.8. The van der Waals surface area contributed by atoms with Crippen molar-refractivity contribution in [1.29, 1.82) is 0 Å². The predicted molar refractivity (Wildman–Crippen MR) is 72.9 cm³/mol. The van der Waals surface area contributed by atoms with Crippen molar-refractivity contribution in [2.75, 3.05) is 13.2 Å². The summed E-state index contributed by atoms with van der Waals surface area (Å²) in [4.78, 5) is 0. The second-order valence-corrected chi connectivity index (χ2v) is 6.30. The summed E-state index contributed by atoms with van der Waals surface area (Å²) in [6, 6.07) is 8.04. The number of fused-ring (bicyclic) bond motifs is 1. The smallest absolute Gasteiger partial charge is 0.308 e. The van der Waals surface area contributed by atoms with Gasteiger partial charge in [0.05, 0.1) is 13.2 Å². The third kappa shape index (κ3) is 2.59. The van der Waals surface area contributed by atoms with Crippen LogP contribution in [0.1, 0.15) is 30.6 Å². The summed E-state index contributed by atoms with van der Waals surface area (Å²) in [5.74, 6) is 0. The first-order valence-corrected chi connectivity index (χ1v) is 7.95. The van der Waals surface area contributed by atoms with Crippen molar-refractivity contribution in [3.05, 3.63) is 47.5 Å². The van der Waals surface area contributed by atoms with E-state index in [0.717, 1.165) is 12.0 Å². The van der Waals surface area contributed by atoms with Gasteiger partial charge in [0.2, 0.25) is 0 Å². The van der Waals surface area contributed by atoms with Gasteiger partial charge in [-0.25, -0.2) is 0 Å². The predicted octanol–water partition coefficient (Wildman–Crippen LogP) is 4.11. The summed E-state index contributed by atoms with van der Waals surface area (Å²) in [5, 5.41) is 0. The Kier molecular flexibility index (Phi) is 4.39. The normalized spacial score (nSPS) is 18.7. The highest BCUT2D eigenvalue weighted by molar-refractivity contribution is 7.54. The van der Waals surface area contributed by atoms with E-state index in [1.54, 1.807) is 0 Å². The van der Waals surface area contributed by atoms with Crippen LogP contribution in [0.4, 0.5) is 0 Å². The molecule has 1 unspecified atom stereocenters. The number of hydrogen-bond acceptors (Lipinski definition) is 3. The first-order valence-electron chi connectivity index (χ1n) is 6.34. The maximum absolute atomic E-state index is 12.8. The summed E-state index contributed by atoms with van der Waals surface area (Å²) in [7, 11) is -3.11. The van der Waals surface area contributed by atoms with E-state index in [0.29, 0.717) is 13.2 Å². The largest absolute Gasteiger partial charge is 0.341 e. The molecule has 0 fully saturated rings. The quantitative estimate of drug-likeness (QED) is 0.594. The van der Waals surface area contributed by atoms with Crippen molar-refractivity contribution in [3.8, 4) is 0 Å². The van der Waals surface area contributed by atoms with E-state index >= 15 is 0 Å². The maximum Gasteiger partial charge on any atom is 0.341 e. The summed E-state index contributed by atoms with van der Waals surface area (Å²) in [6.07, 6.45) is 4.87. The van der Waals surface area contributed by atoms with E-state index < -0.39 is 7.60 Å². The van der Waals surface area contributed by atoms with Gasteiger partial charge in [-0.2, -0.15) is 0 Å². The molecule has 1 aliphatic carbocycles. The van der Waals surface area contributed by atoms with Gasteiger partial charge in [0.25, 0.3) is 0 Å². The molecule has 1 aromatic rings. The molecule has 1 aromatic carbocycles. The zero-order chi connectivity index (χ0) is 13.0. The Bertz CT molecular complexity index is 472. The Morgan fingerprint density at radius 3 is 2.56 bits per heavy atom. The van der Waals surface area contributed by atoms with E-state index in [2.05, 4.69) is 6.07 Å². The van der Waals surface area contributed by atoms with Crippen molar-refractivity contribution in [2.24, 2.45) is 0 Å². The average molecular weight is 266 g/mol. The number of rotatable bonds is 5. The molecule has 0 saturated heterocycles. The summed E-state index contributed by atoms with van der Waals surface area (Å²) < 4.78 is 23.7. The Balaban J connectivity index is 2.39. The van der Waals surface area contributed by atoms with Crippen LogP contribution >= 0.6 is 7.60 Å². The molecular formula is C14H19O3P. The topological polar surface area (TPSA) is 35.5 Å². The molecule has 0 aliphatic heterocycles. The second-order valence-electron chi connectivity index (χ2n) is 4.15. The van der Waals surface area contributed by atoms with Gasteiger partial charge in [-0.15, -0.1) is 0 Å². The second kappa shape index (κ2) is 5.83. The summed E-state index contributed by atoms with van der Waals surface area (Å²) >= 11 is 0. The molecule has 0 N–H and O–H groups in total. The van der Waals surface area contributed by atoms with Gasteiger partial charge >= 0.3 is 7.60 Å². The minimum absolute atomic E-state index is 0.276. The fraction of sp³-hybridized carbons (Fsp3) is 0.429. The molecule has 0 spiro atoms. The number of benzene rings is 1. The van der Waals surface area contributed by atoms with E-state index in [4.69, 9.17) is 9.05 Å². The molecule has 1 atom stereocenters. The van der Waals surface area contributed by atoms with Gasteiger partial charge in [0.1, 0.15) is 5.66 Å². The number of hydrogen-bond donors (Lipinski definition) is 0. The van der Waals surface area contributed by atoms with Crippen molar-refractivity contribution < 1.29 is 13.6 Å². The molecule has 0 radical (unpaired) electrons. The standard InChI is InChI=1S/C14H19O3P/c1-3-16-18(15,17-4-2)14-11-7-9-12-8-5-6-10-13(12)14/h5-8,10-11,14H,3-4,9H2,1-2H3. The van der Waals surface area contributed by atoms with Crippen LogP contribution < -0.4 is 0 Å². The highest BCUT2D eigenvalue weighted by atomic mass is 31.2. The van der Waals surface area contributed by atoms with Crippen LogP contribution in [0.5, 0.6) is 0 Å². The van der Waals surface area contributed by atoms with Gasteiger partial charge in [-0.05, 0) is 31.4 Å². The highest BCUT2D eigenvalue weighted by Gasteiger charge is 2.37. The van der Waals surface area contributed by atoms with Crippen LogP contribution in [-0.2, 0) is 20.0 Å². The molecule has 2 rings (SSSR count). The molecule has 0 aromatic heterocycles. The fourth-order valence-corrected chi connectivity index (χ4v) is 4.31. The average Bonchev–Trinajstić information content (AvgIpc) is 2.38. The Hall–Kier alpha value is -0.890. The summed E-state index contributed by atoms with van der Waals surface area (Å²) in [6.45, 7) is 4.46. The van der Waals surface area contributed by atoms with Gasteiger partial charge < -0.3 is 9.05 Å². The molecule has 18 heavy (non-hydrogen) atoms. The van der Waals surface area contributed by atoms with E-state index in [-0.39, 0.29) is 5.66 Å². The van der Waals surface area contributed by atoms with Crippen LogP contribution in [0.25, 0.3) is 0 Å². The Morgan fingerprint density at radius 2 is 1.89 bits per heavy atom. The summed E-state index contributed by atoms with van der Waals surface area (Å²) in [5.41, 5.74) is 1.98.